The predicted molar refractivity (Wildman–Crippen MR) is 68.5 cm³/mol. The van der Waals surface area contributed by atoms with Crippen LogP contribution in [0.2, 0.25) is 0 Å². The minimum atomic E-state index is -0.297. The lowest BCUT2D eigenvalue weighted by Crippen LogP contribution is -2.01. The van der Waals surface area contributed by atoms with Crippen LogP contribution in [0.15, 0.2) is 30.9 Å². The summed E-state index contributed by atoms with van der Waals surface area (Å²) in [5.41, 5.74) is 6.22. The van der Waals surface area contributed by atoms with Gasteiger partial charge in [0.1, 0.15) is 11.6 Å². The van der Waals surface area contributed by atoms with Gasteiger partial charge in [-0.15, -0.1) is 6.58 Å². The smallest absolute Gasteiger partial charge is 0.127 e. The van der Waals surface area contributed by atoms with Crippen molar-refractivity contribution in [1.82, 2.24) is 0 Å². The van der Waals surface area contributed by atoms with E-state index >= 15 is 0 Å². The molecule has 0 unspecified atom stereocenters. The van der Waals surface area contributed by atoms with Crippen molar-refractivity contribution >= 4 is 0 Å². The number of ether oxygens (including phenoxy) is 1. The summed E-state index contributed by atoms with van der Waals surface area (Å²) in [5.74, 6) is 0.267. The summed E-state index contributed by atoms with van der Waals surface area (Å²) in [6, 6.07) is 4.60. The molecule has 0 spiro atoms. The quantitative estimate of drug-likeness (QED) is 0.555. The summed E-state index contributed by atoms with van der Waals surface area (Å²) in [6.07, 6.45) is 6.16. The Hall–Kier alpha value is -1.35. The van der Waals surface area contributed by atoms with Crippen LogP contribution in [0.25, 0.3) is 0 Å². The molecule has 0 bridgehead atoms. The molecule has 1 rings (SSSR count). The van der Waals surface area contributed by atoms with E-state index in [1.165, 1.54) is 12.1 Å². The number of hydrogen-bond acceptors (Lipinski definition) is 2. The van der Waals surface area contributed by atoms with Crippen molar-refractivity contribution in [2.75, 3.05) is 6.61 Å². The standard InChI is InChI=1S/C14H20FNO/c1-2-3-4-5-6-7-17-14-9-12(11-16)8-13(15)10-14/h2,8-10H,1,3-7,11,16H2. The van der Waals surface area contributed by atoms with Crippen molar-refractivity contribution in [3.63, 3.8) is 0 Å². The second-order valence-electron chi connectivity index (χ2n) is 3.99. The molecular formula is C14H20FNO. The zero-order valence-electron chi connectivity index (χ0n) is 10.1. The number of rotatable bonds is 8. The summed E-state index contributed by atoms with van der Waals surface area (Å²) < 4.78 is 18.6. The van der Waals surface area contributed by atoms with Crippen LogP contribution in [0.3, 0.4) is 0 Å². The van der Waals surface area contributed by atoms with Crippen LogP contribution in [0.5, 0.6) is 5.75 Å². The van der Waals surface area contributed by atoms with Crippen molar-refractivity contribution in [3.8, 4) is 5.75 Å². The first-order valence-electron chi connectivity index (χ1n) is 5.99. The van der Waals surface area contributed by atoms with E-state index in [2.05, 4.69) is 6.58 Å². The van der Waals surface area contributed by atoms with Gasteiger partial charge in [-0.25, -0.2) is 4.39 Å². The third-order valence-electron chi connectivity index (χ3n) is 2.49. The zero-order chi connectivity index (χ0) is 12.5. The zero-order valence-corrected chi connectivity index (χ0v) is 10.1. The molecule has 0 heterocycles. The highest BCUT2D eigenvalue weighted by Gasteiger charge is 2.00. The normalized spacial score (nSPS) is 10.2. The Bertz CT molecular complexity index is 352. The topological polar surface area (TPSA) is 35.2 Å². The van der Waals surface area contributed by atoms with Crippen molar-refractivity contribution in [2.45, 2.75) is 32.2 Å². The van der Waals surface area contributed by atoms with Gasteiger partial charge in [-0.05, 0) is 43.4 Å². The van der Waals surface area contributed by atoms with Crippen LogP contribution in [0.4, 0.5) is 4.39 Å². The molecule has 0 aliphatic carbocycles. The summed E-state index contributed by atoms with van der Waals surface area (Å²) >= 11 is 0. The van der Waals surface area contributed by atoms with Gasteiger partial charge in [0, 0.05) is 12.6 Å². The summed E-state index contributed by atoms with van der Waals surface area (Å²) in [4.78, 5) is 0. The maximum Gasteiger partial charge on any atom is 0.127 e. The molecule has 0 saturated carbocycles. The van der Waals surface area contributed by atoms with Gasteiger partial charge in [-0.2, -0.15) is 0 Å². The molecule has 0 amide bonds. The summed E-state index contributed by atoms with van der Waals surface area (Å²) in [5, 5.41) is 0. The van der Waals surface area contributed by atoms with Crippen LogP contribution in [-0.2, 0) is 6.54 Å². The first-order chi connectivity index (χ1) is 8.26. The van der Waals surface area contributed by atoms with Gasteiger partial charge in [0.25, 0.3) is 0 Å². The van der Waals surface area contributed by atoms with Gasteiger partial charge in [-0.3, -0.25) is 0 Å². The number of allylic oxidation sites excluding steroid dienone is 1. The van der Waals surface area contributed by atoms with Gasteiger partial charge in [0.2, 0.25) is 0 Å². The highest BCUT2D eigenvalue weighted by Crippen LogP contribution is 2.16. The van der Waals surface area contributed by atoms with Gasteiger partial charge in [0.15, 0.2) is 0 Å². The Labute approximate surface area is 102 Å². The van der Waals surface area contributed by atoms with Gasteiger partial charge in [-0.1, -0.05) is 6.08 Å². The van der Waals surface area contributed by atoms with Crippen LogP contribution in [0, 0.1) is 5.82 Å². The Morgan fingerprint density at radius 3 is 2.76 bits per heavy atom. The molecule has 17 heavy (non-hydrogen) atoms. The number of nitrogens with two attached hydrogens (primary N) is 1. The third-order valence-corrected chi connectivity index (χ3v) is 2.49. The first-order valence-corrected chi connectivity index (χ1v) is 5.99. The second-order valence-corrected chi connectivity index (χ2v) is 3.99. The minimum Gasteiger partial charge on any atom is -0.493 e. The SMILES string of the molecule is C=CCCCCCOc1cc(F)cc(CN)c1. The van der Waals surface area contributed by atoms with E-state index in [1.54, 1.807) is 6.07 Å². The van der Waals surface area contributed by atoms with Crippen molar-refractivity contribution < 1.29 is 9.13 Å². The van der Waals surface area contributed by atoms with Crippen LogP contribution < -0.4 is 10.5 Å². The molecule has 0 saturated heterocycles. The predicted octanol–water partition coefficient (Wildman–Crippen LogP) is 3.41. The van der Waals surface area contributed by atoms with E-state index in [4.69, 9.17) is 10.5 Å². The molecule has 0 atom stereocenters. The first kappa shape index (κ1) is 13.7. The third kappa shape index (κ3) is 5.50. The molecule has 0 aliphatic rings. The Kier molecular flexibility index (Phi) is 6.33. The van der Waals surface area contributed by atoms with Crippen molar-refractivity contribution in [1.29, 1.82) is 0 Å². The van der Waals surface area contributed by atoms with E-state index in [1.807, 2.05) is 6.08 Å². The van der Waals surface area contributed by atoms with Crippen LogP contribution in [0.1, 0.15) is 31.2 Å². The largest absolute Gasteiger partial charge is 0.493 e. The van der Waals surface area contributed by atoms with E-state index in [0.29, 0.717) is 18.9 Å². The minimum absolute atomic E-state index is 0.297. The molecule has 0 aromatic heterocycles. The molecule has 3 heteroatoms. The molecule has 0 radical (unpaired) electrons. The molecule has 2 N–H and O–H groups in total. The van der Waals surface area contributed by atoms with E-state index < -0.39 is 0 Å². The average Bonchev–Trinajstić information content (AvgIpc) is 2.33. The molecule has 0 fully saturated rings. The maximum absolute atomic E-state index is 13.1. The Morgan fingerprint density at radius 2 is 2.06 bits per heavy atom. The van der Waals surface area contributed by atoms with E-state index in [9.17, 15) is 4.39 Å². The highest BCUT2D eigenvalue weighted by atomic mass is 19.1. The second kappa shape index (κ2) is 7.85. The maximum atomic E-state index is 13.1. The number of benzene rings is 1. The van der Waals surface area contributed by atoms with Gasteiger partial charge < -0.3 is 10.5 Å². The lowest BCUT2D eigenvalue weighted by atomic mass is 10.2. The number of hydrogen-bond donors (Lipinski definition) is 1. The molecule has 94 valence electrons. The van der Waals surface area contributed by atoms with Crippen LogP contribution >= 0.6 is 0 Å². The monoisotopic (exact) mass is 237 g/mol. The van der Waals surface area contributed by atoms with Gasteiger partial charge >= 0.3 is 0 Å². The lowest BCUT2D eigenvalue weighted by Gasteiger charge is -2.07. The molecule has 0 aliphatic heterocycles. The van der Waals surface area contributed by atoms with Crippen molar-refractivity contribution in [3.05, 3.63) is 42.2 Å². The van der Waals surface area contributed by atoms with Gasteiger partial charge in [0.05, 0.1) is 6.61 Å². The van der Waals surface area contributed by atoms with E-state index in [-0.39, 0.29) is 5.82 Å². The number of unbranched alkanes of at least 4 members (excludes halogenated alkanes) is 3. The fourth-order valence-corrected chi connectivity index (χ4v) is 1.58. The Morgan fingerprint density at radius 1 is 1.24 bits per heavy atom. The molecule has 1 aromatic carbocycles. The summed E-state index contributed by atoms with van der Waals surface area (Å²) in [7, 11) is 0. The molecule has 1 aromatic rings. The van der Waals surface area contributed by atoms with E-state index in [0.717, 1.165) is 31.2 Å². The summed E-state index contributed by atoms with van der Waals surface area (Å²) in [6.45, 7) is 4.61. The lowest BCUT2D eigenvalue weighted by molar-refractivity contribution is 0.303. The van der Waals surface area contributed by atoms with Crippen molar-refractivity contribution in [2.24, 2.45) is 5.73 Å². The molecular weight excluding hydrogens is 217 g/mol. The fraction of sp³-hybridized carbons (Fsp3) is 0.429. The fourth-order valence-electron chi connectivity index (χ4n) is 1.58. The molecule has 2 nitrogen and oxygen atoms in total. The van der Waals surface area contributed by atoms with Crippen LogP contribution in [-0.4, -0.2) is 6.61 Å². The highest BCUT2D eigenvalue weighted by molar-refractivity contribution is 5.29. The Balaban J connectivity index is 2.31. The number of halogens is 1. The average molecular weight is 237 g/mol.